The van der Waals surface area contributed by atoms with E-state index in [0.717, 1.165) is 5.56 Å². The number of nitrogens with one attached hydrogen (secondary N) is 1. The minimum atomic E-state index is -1.57. The number of amides is 1. The first-order chi connectivity index (χ1) is 10.5. The van der Waals surface area contributed by atoms with Crippen LogP contribution in [-0.2, 0) is 16.1 Å². The van der Waals surface area contributed by atoms with Crippen LogP contribution in [0.15, 0.2) is 30.3 Å². The fourth-order valence-electron chi connectivity index (χ4n) is 2.15. The zero-order chi connectivity index (χ0) is 16.1. The van der Waals surface area contributed by atoms with Gasteiger partial charge in [-0.2, -0.15) is 0 Å². The molecule has 1 heterocycles. The number of carbonyl (C=O) groups is 1. The maximum Gasteiger partial charge on any atom is 0.407 e. The van der Waals surface area contributed by atoms with Crippen molar-refractivity contribution in [1.82, 2.24) is 5.32 Å². The van der Waals surface area contributed by atoms with E-state index in [1.54, 1.807) is 24.3 Å². The Balaban J connectivity index is 1.87. The first-order valence-corrected chi connectivity index (χ1v) is 6.80. The molecule has 5 N–H and O–H groups in total. The molecule has 1 aliphatic heterocycles. The summed E-state index contributed by atoms with van der Waals surface area (Å²) in [7, 11) is 0. The Hall–Kier alpha value is -1.71. The summed E-state index contributed by atoms with van der Waals surface area (Å²) in [6.07, 6.45) is -6.49. The van der Waals surface area contributed by atoms with Crippen LogP contribution in [0.25, 0.3) is 0 Å². The molecule has 8 heteroatoms. The average Bonchev–Trinajstić information content (AvgIpc) is 2.54. The second-order valence-electron chi connectivity index (χ2n) is 4.96. The molecule has 5 atom stereocenters. The summed E-state index contributed by atoms with van der Waals surface area (Å²) in [5.74, 6) is 0. The van der Waals surface area contributed by atoms with Crippen molar-refractivity contribution in [3.63, 3.8) is 0 Å². The molecule has 0 radical (unpaired) electrons. The van der Waals surface area contributed by atoms with Crippen LogP contribution in [0.1, 0.15) is 5.56 Å². The third-order valence-corrected chi connectivity index (χ3v) is 3.40. The van der Waals surface area contributed by atoms with Crippen molar-refractivity contribution in [3.8, 4) is 0 Å². The molecule has 1 saturated heterocycles. The Labute approximate surface area is 126 Å². The lowest BCUT2D eigenvalue weighted by atomic mass is 9.97. The molecule has 1 fully saturated rings. The molecule has 1 aromatic carbocycles. The normalized spacial score (nSPS) is 31.5. The lowest BCUT2D eigenvalue weighted by molar-refractivity contribution is -0.253. The fraction of sp³-hybridized carbons (Fsp3) is 0.500. The van der Waals surface area contributed by atoms with E-state index < -0.39 is 43.3 Å². The van der Waals surface area contributed by atoms with Crippen molar-refractivity contribution in [2.75, 3.05) is 6.61 Å². The number of alkyl carbamates (subject to hydrolysis) is 1. The molecule has 0 spiro atoms. The van der Waals surface area contributed by atoms with Crippen molar-refractivity contribution in [3.05, 3.63) is 35.9 Å². The van der Waals surface area contributed by atoms with Gasteiger partial charge in [0.25, 0.3) is 0 Å². The summed E-state index contributed by atoms with van der Waals surface area (Å²) in [4.78, 5) is 11.7. The van der Waals surface area contributed by atoms with Crippen molar-refractivity contribution < 1.29 is 34.7 Å². The van der Waals surface area contributed by atoms with Gasteiger partial charge in [-0.25, -0.2) is 4.79 Å². The number of carbonyl (C=O) groups excluding carboxylic acids is 1. The zero-order valence-corrected chi connectivity index (χ0v) is 11.7. The van der Waals surface area contributed by atoms with E-state index in [9.17, 15) is 20.1 Å². The molecule has 122 valence electrons. The van der Waals surface area contributed by atoms with Gasteiger partial charge in [-0.1, -0.05) is 30.3 Å². The average molecular weight is 313 g/mol. The maximum atomic E-state index is 11.7. The molecule has 22 heavy (non-hydrogen) atoms. The van der Waals surface area contributed by atoms with Crippen molar-refractivity contribution >= 4 is 6.09 Å². The largest absolute Gasteiger partial charge is 0.445 e. The number of aliphatic hydroxyl groups excluding tert-OH is 4. The monoisotopic (exact) mass is 313 g/mol. The standard InChI is InChI=1S/C14H19NO7/c16-6-9-11(17)12(18)10(13(19)22-9)15-14(20)21-7-8-4-2-1-3-5-8/h1-5,9-13,16-19H,6-7H2,(H,15,20)/t9?,10?,11-,12+,13?/m1/s1. The molecule has 8 nitrogen and oxygen atoms in total. The molecule has 3 unspecified atom stereocenters. The van der Waals surface area contributed by atoms with Gasteiger partial charge in [-0.05, 0) is 5.56 Å². The molecule has 1 aromatic rings. The quantitative estimate of drug-likeness (QED) is 0.468. The Morgan fingerprint density at radius 1 is 1.18 bits per heavy atom. The molecular weight excluding hydrogens is 294 g/mol. The highest BCUT2D eigenvalue weighted by molar-refractivity contribution is 5.67. The van der Waals surface area contributed by atoms with Crippen molar-refractivity contribution in [2.24, 2.45) is 0 Å². The Morgan fingerprint density at radius 3 is 2.50 bits per heavy atom. The van der Waals surface area contributed by atoms with E-state index in [1.165, 1.54) is 0 Å². The van der Waals surface area contributed by atoms with Gasteiger partial charge >= 0.3 is 6.09 Å². The first kappa shape index (κ1) is 16.7. The predicted molar refractivity (Wildman–Crippen MR) is 73.5 cm³/mol. The van der Waals surface area contributed by atoms with E-state index in [0.29, 0.717) is 0 Å². The molecule has 1 amide bonds. The highest BCUT2D eigenvalue weighted by atomic mass is 16.6. The molecule has 0 aromatic heterocycles. The molecule has 0 aliphatic carbocycles. The summed E-state index contributed by atoms with van der Waals surface area (Å²) in [6, 6.07) is 7.71. The molecule has 1 aliphatic rings. The second kappa shape index (κ2) is 7.52. The summed E-state index contributed by atoms with van der Waals surface area (Å²) >= 11 is 0. The van der Waals surface area contributed by atoms with Crippen LogP contribution in [-0.4, -0.2) is 63.8 Å². The number of hydrogen-bond donors (Lipinski definition) is 5. The van der Waals surface area contributed by atoms with Crippen LogP contribution >= 0.6 is 0 Å². The zero-order valence-electron chi connectivity index (χ0n) is 11.7. The van der Waals surface area contributed by atoms with Gasteiger partial charge < -0.3 is 35.2 Å². The summed E-state index contributed by atoms with van der Waals surface area (Å²) in [5, 5.41) is 40.5. The van der Waals surface area contributed by atoms with Gasteiger partial charge in [0.15, 0.2) is 6.29 Å². The fourth-order valence-corrected chi connectivity index (χ4v) is 2.15. The van der Waals surface area contributed by atoms with Gasteiger partial charge in [-0.15, -0.1) is 0 Å². The van der Waals surface area contributed by atoms with Gasteiger partial charge in [0.2, 0.25) is 0 Å². The third kappa shape index (κ3) is 3.93. The van der Waals surface area contributed by atoms with Crippen LogP contribution in [0.2, 0.25) is 0 Å². The minimum Gasteiger partial charge on any atom is -0.445 e. The predicted octanol–water partition coefficient (Wildman–Crippen LogP) is -1.29. The second-order valence-corrected chi connectivity index (χ2v) is 4.96. The van der Waals surface area contributed by atoms with E-state index in [4.69, 9.17) is 14.6 Å². The Bertz CT molecular complexity index is 483. The van der Waals surface area contributed by atoms with Crippen LogP contribution in [0, 0.1) is 0 Å². The first-order valence-electron chi connectivity index (χ1n) is 6.80. The number of benzene rings is 1. The lowest BCUT2D eigenvalue weighted by Gasteiger charge is -2.39. The number of hydrogen-bond acceptors (Lipinski definition) is 7. The van der Waals surface area contributed by atoms with Crippen LogP contribution < -0.4 is 5.32 Å². The van der Waals surface area contributed by atoms with E-state index >= 15 is 0 Å². The Kier molecular flexibility index (Phi) is 5.69. The Morgan fingerprint density at radius 2 is 1.86 bits per heavy atom. The van der Waals surface area contributed by atoms with Crippen molar-refractivity contribution in [1.29, 1.82) is 0 Å². The van der Waals surface area contributed by atoms with Crippen LogP contribution in [0.3, 0.4) is 0 Å². The van der Waals surface area contributed by atoms with Gasteiger partial charge in [0, 0.05) is 0 Å². The van der Waals surface area contributed by atoms with E-state index in [2.05, 4.69) is 5.32 Å². The van der Waals surface area contributed by atoms with Gasteiger partial charge in [0.05, 0.1) is 6.61 Å². The summed E-state index contributed by atoms with van der Waals surface area (Å²) < 4.78 is 9.88. The summed E-state index contributed by atoms with van der Waals surface area (Å²) in [6.45, 7) is -0.547. The number of ether oxygens (including phenoxy) is 2. The molecule has 0 bridgehead atoms. The van der Waals surface area contributed by atoms with E-state index in [1.807, 2.05) is 6.07 Å². The highest BCUT2D eigenvalue weighted by Crippen LogP contribution is 2.19. The number of aliphatic hydroxyl groups is 4. The van der Waals surface area contributed by atoms with Crippen molar-refractivity contribution in [2.45, 2.75) is 37.3 Å². The van der Waals surface area contributed by atoms with Gasteiger partial charge in [0.1, 0.15) is 31.0 Å². The molecule has 2 rings (SSSR count). The smallest absolute Gasteiger partial charge is 0.407 e. The van der Waals surface area contributed by atoms with Gasteiger partial charge in [-0.3, -0.25) is 0 Å². The molecule has 0 saturated carbocycles. The molecular formula is C14H19NO7. The summed E-state index contributed by atoms with van der Waals surface area (Å²) in [5.41, 5.74) is 0.777. The number of rotatable bonds is 4. The van der Waals surface area contributed by atoms with Crippen LogP contribution in [0.5, 0.6) is 0 Å². The van der Waals surface area contributed by atoms with E-state index in [-0.39, 0.29) is 6.61 Å². The highest BCUT2D eigenvalue weighted by Gasteiger charge is 2.44. The maximum absolute atomic E-state index is 11.7. The van der Waals surface area contributed by atoms with Crippen LogP contribution in [0.4, 0.5) is 4.79 Å². The third-order valence-electron chi connectivity index (χ3n) is 3.40. The lowest BCUT2D eigenvalue weighted by Crippen LogP contribution is -2.64. The minimum absolute atomic E-state index is 0.0221. The SMILES string of the molecule is O=C(NC1C(O)OC(CO)[C@@H](O)[C@H]1O)OCc1ccccc1. The topological polar surface area (TPSA) is 128 Å².